The van der Waals surface area contributed by atoms with E-state index in [0.717, 1.165) is 23.4 Å². The molecule has 12 heteroatoms. The molecule has 10 nitrogen and oxygen atoms in total. The number of urea groups is 1. The Labute approximate surface area is 168 Å². The molecule has 0 saturated carbocycles. The standard InChI is InChI=1S/C16H12ClN5O5S/c1-3-4-18-16(23)19-10-5-9(2)6-11(7-10)28-15-13(22(26)27)8-12(21(24)25)14(17)20-15/h1,5-8H,4H2,2H3,(H2,18,19,23). The molecule has 2 N–H and O–H groups in total. The lowest BCUT2D eigenvalue weighted by atomic mass is 10.2. The summed E-state index contributed by atoms with van der Waals surface area (Å²) in [7, 11) is 0. The molecule has 0 atom stereocenters. The lowest BCUT2D eigenvalue weighted by Crippen LogP contribution is -2.28. The van der Waals surface area contributed by atoms with Crippen molar-refractivity contribution in [3.63, 3.8) is 0 Å². The molecule has 1 aromatic carbocycles. The van der Waals surface area contributed by atoms with Crippen molar-refractivity contribution in [1.29, 1.82) is 0 Å². The van der Waals surface area contributed by atoms with Crippen LogP contribution in [-0.2, 0) is 0 Å². The molecule has 0 aliphatic carbocycles. The number of terminal acetylenes is 1. The van der Waals surface area contributed by atoms with Crippen molar-refractivity contribution in [1.82, 2.24) is 10.3 Å². The highest BCUT2D eigenvalue weighted by Gasteiger charge is 2.26. The molecule has 0 saturated heterocycles. The predicted octanol–water partition coefficient (Wildman–Crippen LogP) is 3.77. The molecule has 28 heavy (non-hydrogen) atoms. The summed E-state index contributed by atoms with van der Waals surface area (Å²) in [6, 6.07) is 5.20. The maximum absolute atomic E-state index is 11.7. The minimum atomic E-state index is -0.847. The third-order valence-corrected chi connectivity index (χ3v) is 4.41. The zero-order valence-electron chi connectivity index (χ0n) is 14.3. The summed E-state index contributed by atoms with van der Waals surface area (Å²) in [5.74, 6) is 2.27. The first kappa shape index (κ1) is 20.9. The number of amides is 2. The van der Waals surface area contributed by atoms with Gasteiger partial charge in [0.1, 0.15) is 0 Å². The van der Waals surface area contributed by atoms with Gasteiger partial charge in [-0.1, -0.05) is 29.3 Å². The number of nitro groups is 2. The van der Waals surface area contributed by atoms with Gasteiger partial charge in [0.2, 0.25) is 5.15 Å². The SMILES string of the molecule is C#CCNC(=O)Nc1cc(C)cc(Sc2nc(Cl)c([N+](=O)[O-])cc2[N+](=O)[O-])c1. The van der Waals surface area contributed by atoms with Gasteiger partial charge in [-0.25, -0.2) is 9.78 Å². The number of rotatable bonds is 6. The second kappa shape index (κ2) is 9.03. The van der Waals surface area contributed by atoms with E-state index in [1.165, 1.54) is 0 Å². The number of hydrogen-bond acceptors (Lipinski definition) is 7. The zero-order valence-corrected chi connectivity index (χ0v) is 15.8. The molecule has 2 amide bonds. The minimum absolute atomic E-state index is 0.0522. The number of anilines is 1. The highest BCUT2D eigenvalue weighted by Crippen LogP contribution is 2.39. The predicted molar refractivity (Wildman–Crippen MR) is 104 cm³/mol. The Hall–Kier alpha value is -3.36. The van der Waals surface area contributed by atoms with Crippen LogP contribution in [0.15, 0.2) is 34.2 Å². The van der Waals surface area contributed by atoms with E-state index in [1.807, 2.05) is 0 Å². The van der Waals surface area contributed by atoms with Crippen LogP contribution in [0.2, 0.25) is 5.15 Å². The molecular weight excluding hydrogens is 410 g/mol. The average molecular weight is 422 g/mol. The Balaban J connectivity index is 2.36. The van der Waals surface area contributed by atoms with Crippen LogP contribution < -0.4 is 10.6 Å². The maximum atomic E-state index is 11.7. The van der Waals surface area contributed by atoms with Gasteiger partial charge in [0.25, 0.3) is 0 Å². The van der Waals surface area contributed by atoms with Crippen molar-refractivity contribution < 1.29 is 14.6 Å². The summed E-state index contributed by atoms with van der Waals surface area (Å²) in [4.78, 5) is 36.6. The molecule has 0 fully saturated rings. The van der Waals surface area contributed by atoms with E-state index in [4.69, 9.17) is 18.0 Å². The second-order valence-electron chi connectivity index (χ2n) is 5.29. The normalized spacial score (nSPS) is 10.0. The van der Waals surface area contributed by atoms with Crippen molar-refractivity contribution in [3.05, 3.63) is 55.2 Å². The largest absolute Gasteiger partial charge is 0.327 e. The summed E-state index contributed by atoms with van der Waals surface area (Å²) < 4.78 is 0. The van der Waals surface area contributed by atoms with Crippen LogP contribution in [0, 0.1) is 39.5 Å². The highest BCUT2D eigenvalue weighted by molar-refractivity contribution is 7.99. The van der Waals surface area contributed by atoms with Crippen LogP contribution in [0.1, 0.15) is 5.56 Å². The Morgan fingerprint density at radius 2 is 1.93 bits per heavy atom. The van der Waals surface area contributed by atoms with E-state index in [0.29, 0.717) is 10.6 Å². The Morgan fingerprint density at radius 1 is 1.25 bits per heavy atom. The monoisotopic (exact) mass is 421 g/mol. The summed E-state index contributed by atoms with van der Waals surface area (Å²) in [5, 5.41) is 26.7. The third-order valence-electron chi connectivity index (χ3n) is 3.17. The van der Waals surface area contributed by atoms with Gasteiger partial charge in [0.15, 0.2) is 5.03 Å². The number of aryl methyl sites for hydroxylation is 1. The molecule has 0 aliphatic rings. The lowest BCUT2D eigenvalue weighted by Gasteiger charge is -2.09. The number of benzene rings is 1. The van der Waals surface area contributed by atoms with Crippen molar-refractivity contribution >= 4 is 46.5 Å². The summed E-state index contributed by atoms with van der Waals surface area (Å²) in [5.41, 5.74) is -0.0287. The Bertz CT molecular complexity index is 1010. The Morgan fingerprint density at radius 3 is 2.54 bits per heavy atom. The fourth-order valence-corrected chi connectivity index (χ4v) is 3.37. The van der Waals surface area contributed by atoms with Gasteiger partial charge in [-0.15, -0.1) is 6.42 Å². The smallest absolute Gasteiger partial charge is 0.319 e. The molecule has 0 spiro atoms. The number of halogens is 1. The summed E-state index contributed by atoms with van der Waals surface area (Å²) in [6.45, 7) is 1.82. The summed E-state index contributed by atoms with van der Waals surface area (Å²) in [6.07, 6.45) is 5.07. The quantitative estimate of drug-likeness (QED) is 0.313. The van der Waals surface area contributed by atoms with Crippen LogP contribution in [0.3, 0.4) is 0 Å². The van der Waals surface area contributed by atoms with Gasteiger partial charge in [-0.05, 0) is 30.7 Å². The van der Waals surface area contributed by atoms with Gasteiger partial charge < -0.3 is 10.6 Å². The van der Waals surface area contributed by atoms with Crippen molar-refractivity contribution in [2.75, 3.05) is 11.9 Å². The molecule has 0 radical (unpaired) electrons. The number of nitrogens with zero attached hydrogens (tertiary/aromatic N) is 3. The van der Waals surface area contributed by atoms with Crippen LogP contribution in [0.4, 0.5) is 21.9 Å². The first-order valence-corrected chi connectivity index (χ1v) is 8.68. The molecule has 0 unspecified atom stereocenters. The third kappa shape index (κ3) is 5.32. The topological polar surface area (TPSA) is 140 Å². The van der Waals surface area contributed by atoms with E-state index in [2.05, 4.69) is 21.5 Å². The van der Waals surface area contributed by atoms with Crippen LogP contribution in [0.25, 0.3) is 0 Å². The van der Waals surface area contributed by atoms with Crippen LogP contribution in [0.5, 0.6) is 0 Å². The van der Waals surface area contributed by atoms with Crippen molar-refractivity contribution in [3.8, 4) is 12.3 Å². The number of pyridine rings is 1. The van der Waals surface area contributed by atoms with Gasteiger partial charge >= 0.3 is 17.4 Å². The van der Waals surface area contributed by atoms with E-state index < -0.39 is 32.4 Å². The molecule has 1 heterocycles. The molecule has 2 rings (SSSR count). The highest BCUT2D eigenvalue weighted by atomic mass is 35.5. The van der Waals surface area contributed by atoms with Crippen LogP contribution in [-0.4, -0.2) is 27.4 Å². The fourth-order valence-electron chi connectivity index (χ4n) is 2.09. The second-order valence-corrected chi connectivity index (χ2v) is 6.71. The van der Waals surface area contributed by atoms with Crippen molar-refractivity contribution in [2.24, 2.45) is 0 Å². The number of hydrogen-bond donors (Lipinski definition) is 2. The first-order valence-electron chi connectivity index (χ1n) is 7.48. The van der Waals surface area contributed by atoms with Gasteiger partial charge in [-0.3, -0.25) is 20.2 Å². The fraction of sp³-hybridized carbons (Fsp3) is 0.125. The molecule has 1 aromatic heterocycles. The Kier molecular flexibility index (Phi) is 6.75. The van der Waals surface area contributed by atoms with E-state index >= 15 is 0 Å². The van der Waals surface area contributed by atoms with E-state index in [1.54, 1.807) is 25.1 Å². The van der Waals surface area contributed by atoms with E-state index in [9.17, 15) is 25.0 Å². The van der Waals surface area contributed by atoms with Gasteiger partial charge in [0, 0.05) is 10.6 Å². The number of carbonyl (C=O) groups is 1. The first-order chi connectivity index (χ1) is 13.2. The van der Waals surface area contributed by atoms with Crippen LogP contribution >= 0.6 is 23.4 Å². The average Bonchev–Trinajstić information content (AvgIpc) is 2.58. The zero-order chi connectivity index (χ0) is 20.8. The van der Waals surface area contributed by atoms with Crippen molar-refractivity contribution in [2.45, 2.75) is 16.8 Å². The molecular formula is C16H12ClN5O5S. The number of nitrogens with one attached hydrogen (secondary N) is 2. The lowest BCUT2D eigenvalue weighted by molar-refractivity contribution is -0.396. The van der Waals surface area contributed by atoms with E-state index in [-0.39, 0.29) is 11.6 Å². The molecule has 2 aromatic rings. The molecule has 0 bridgehead atoms. The van der Waals surface area contributed by atoms with Gasteiger partial charge in [-0.2, -0.15) is 0 Å². The number of aromatic nitrogens is 1. The number of carbonyl (C=O) groups excluding carboxylic acids is 1. The summed E-state index contributed by atoms with van der Waals surface area (Å²) >= 11 is 6.66. The van der Waals surface area contributed by atoms with Gasteiger partial charge in [0.05, 0.1) is 22.5 Å². The maximum Gasteiger partial charge on any atom is 0.319 e. The molecule has 0 aliphatic heterocycles. The molecule has 144 valence electrons. The minimum Gasteiger partial charge on any atom is -0.327 e.